The minimum absolute atomic E-state index is 0.163. The van der Waals surface area contributed by atoms with Gasteiger partial charge >= 0.3 is 0 Å². The summed E-state index contributed by atoms with van der Waals surface area (Å²) in [5, 5.41) is 16.6. The average Bonchev–Trinajstić information content (AvgIpc) is 2.93. The molecule has 188 valence electrons. The maximum atomic E-state index is 13.2. The van der Waals surface area contributed by atoms with E-state index < -0.39 is 11.5 Å². The highest BCUT2D eigenvalue weighted by atomic mass is 35.5. The summed E-state index contributed by atoms with van der Waals surface area (Å²) in [5.41, 5.74) is 2.70. The van der Waals surface area contributed by atoms with Crippen molar-refractivity contribution < 1.29 is 19.4 Å². The summed E-state index contributed by atoms with van der Waals surface area (Å²) in [6, 6.07) is 27.9. The minimum atomic E-state index is -1.92. The van der Waals surface area contributed by atoms with E-state index in [0.29, 0.717) is 43.8 Å². The first kappa shape index (κ1) is 26.2. The topological polar surface area (TPSA) is 80.2 Å². The Hall–Kier alpha value is -3.84. The number of rotatable bonds is 9. The Morgan fingerprint density at radius 2 is 1.49 bits per heavy atom. The van der Waals surface area contributed by atoms with Crippen molar-refractivity contribution in [1.82, 2.24) is 5.43 Å². The summed E-state index contributed by atoms with van der Waals surface area (Å²) in [6.45, 7) is 0.163. The quantitative estimate of drug-likeness (QED) is 0.205. The van der Waals surface area contributed by atoms with Crippen LogP contribution >= 0.6 is 23.2 Å². The number of amides is 1. The first-order chi connectivity index (χ1) is 17.9. The van der Waals surface area contributed by atoms with Crippen molar-refractivity contribution in [1.29, 1.82) is 0 Å². The third-order valence-corrected chi connectivity index (χ3v) is 6.42. The van der Waals surface area contributed by atoms with Gasteiger partial charge in [0.2, 0.25) is 0 Å². The normalized spacial score (nSPS) is 11.4. The number of benzene rings is 4. The number of hydrogen-bond donors (Lipinski definition) is 2. The number of hydrogen-bond acceptors (Lipinski definition) is 5. The van der Waals surface area contributed by atoms with Gasteiger partial charge in [0.1, 0.15) is 6.61 Å². The monoisotopic (exact) mass is 534 g/mol. The molecule has 0 aliphatic rings. The Bertz CT molecular complexity index is 1340. The number of nitrogens with one attached hydrogen (secondary N) is 1. The lowest BCUT2D eigenvalue weighted by atomic mass is 9.85. The van der Waals surface area contributed by atoms with Crippen molar-refractivity contribution in [2.24, 2.45) is 5.10 Å². The van der Waals surface area contributed by atoms with Crippen molar-refractivity contribution in [2.75, 3.05) is 7.11 Å². The molecule has 37 heavy (non-hydrogen) atoms. The van der Waals surface area contributed by atoms with Crippen LogP contribution in [0.5, 0.6) is 11.5 Å². The molecule has 0 bridgehead atoms. The number of carbonyl (C=O) groups excluding carboxylic acids is 1. The molecule has 0 heterocycles. The van der Waals surface area contributed by atoms with Gasteiger partial charge in [-0.05, 0) is 47.0 Å². The fourth-order valence-electron chi connectivity index (χ4n) is 3.74. The highest BCUT2D eigenvalue weighted by Crippen LogP contribution is 2.32. The SMILES string of the molecule is COc1cc(/C=N\NC(=O)C(O)(c2ccccc2)c2ccccc2)ccc1OCc1c(Cl)cccc1Cl. The highest BCUT2D eigenvalue weighted by Gasteiger charge is 2.39. The highest BCUT2D eigenvalue weighted by molar-refractivity contribution is 6.35. The Morgan fingerprint density at radius 3 is 2.05 bits per heavy atom. The van der Waals surface area contributed by atoms with Crippen LogP contribution in [-0.4, -0.2) is 24.3 Å². The second kappa shape index (κ2) is 11.9. The molecule has 0 atom stereocenters. The Labute approximate surface area is 225 Å². The van der Waals surface area contributed by atoms with Gasteiger partial charge in [-0.1, -0.05) is 89.9 Å². The second-order valence-corrected chi connectivity index (χ2v) is 8.86. The molecular weight excluding hydrogens is 511 g/mol. The molecule has 4 aromatic carbocycles. The van der Waals surface area contributed by atoms with Crippen molar-refractivity contribution in [3.63, 3.8) is 0 Å². The molecule has 0 aliphatic heterocycles. The molecule has 8 heteroatoms. The average molecular weight is 535 g/mol. The largest absolute Gasteiger partial charge is 0.493 e. The third kappa shape index (κ3) is 5.94. The van der Waals surface area contributed by atoms with E-state index in [0.717, 1.165) is 0 Å². The van der Waals surface area contributed by atoms with Crippen LogP contribution in [0.1, 0.15) is 22.3 Å². The molecule has 0 radical (unpaired) electrons. The molecule has 0 fully saturated rings. The smallest absolute Gasteiger partial charge is 0.281 e. The molecule has 4 aromatic rings. The predicted octanol–water partition coefficient (Wildman–Crippen LogP) is 5.97. The van der Waals surface area contributed by atoms with Crippen LogP contribution in [0.4, 0.5) is 0 Å². The first-order valence-corrected chi connectivity index (χ1v) is 12.1. The molecule has 4 rings (SSSR count). The van der Waals surface area contributed by atoms with Crippen LogP contribution in [0.15, 0.2) is 102 Å². The fraction of sp³-hybridized carbons (Fsp3) is 0.103. The van der Waals surface area contributed by atoms with Crippen molar-refractivity contribution in [3.8, 4) is 11.5 Å². The summed E-state index contributed by atoms with van der Waals surface area (Å²) in [4.78, 5) is 13.2. The summed E-state index contributed by atoms with van der Waals surface area (Å²) in [6.07, 6.45) is 1.45. The number of carbonyl (C=O) groups is 1. The van der Waals surface area contributed by atoms with Crippen LogP contribution in [0.3, 0.4) is 0 Å². The summed E-state index contributed by atoms with van der Waals surface area (Å²) in [5.74, 6) is 0.260. The zero-order valence-electron chi connectivity index (χ0n) is 19.9. The standard InChI is InChI=1S/C29H24Cl2N2O4/c1-36-27-17-20(15-16-26(27)37-19-23-24(30)13-8-14-25(23)31)18-32-33-28(34)29(35,21-9-4-2-5-10-21)22-11-6-3-7-12-22/h2-18,35H,19H2,1H3,(H,33,34)/b32-18-. The second-order valence-electron chi connectivity index (χ2n) is 8.04. The molecular formula is C29H24Cl2N2O4. The van der Waals surface area contributed by atoms with Gasteiger partial charge in [-0.25, -0.2) is 5.43 Å². The molecule has 0 saturated carbocycles. The van der Waals surface area contributed by atoms with Gasteiger partial charge in [-0.15, -0.1) is 0 Å². The van der Waals surface area contributed by atoms with Crippen LogP contribution in [0, 0.1) is 0 Å². The van der Waals surface area contributed by atoms with Gasteiger partial charge in [-0.2, -0.15) is 5.10 Å². The zero-order valence-corrected chi connectivity index (χ0v) is 21.4. The number of ether oxygens (including phenoxy) is 2. The van der Waals surface area contributed by atoms with Gasteiger partial charge < -0.3 is 14.6 Å². The summed E-state index contributed by atoms with van der Waals surface area (Å²) < 4.78 is 11.3. The molecule has 2 N–H and O–H groups in total. The van der Waals surface area contributed by atoms with E-state index in [4.69, 9.17) is 32.7 Å². The van der Waals surface area contributed by atoms with E-state index in [-0.39, 0.29) is 6.61 Å². The molecule has 0 spiro atoms. The van der Waals surface area contributed by atoms with Gasteiger partial charge in [0.25, 0.3) is 5.91 Å². The third-order valence-electron chi connectivity index (χ3n) is 5.71. The van der Waals surface area contributed by atoms with Crippen LogP contribution in [0.25, 0.3) is 0 Å². The lowest BCUT2D eigenvalue weighted by molar-refractivity contribution is -0.136. The maximum Gasteiger partial charge on any atom is 0.281 e. The Morgan fingerprint density at radius 1 is 0.892 bits per heavy atom. The molecule has 0 saturated heterocycles. The van der Waals surface area contributed by atoms with Crippen molar-refractivity contribution in [3.05, 3.63) is 129 Å². The number of aliphatic hydroxyl groups is 1. The van der Waals surface area contributed by atoms with Crippen LogP contribution in [0.2, 0.25) is 10.0 Å². The number of methoxy groups -OCH3 is 1. The van der Waals surface area contributed by atoms with Crippen LogP contribution in [-0.2, 0) is 17.0 Å². The van der Waals surface area contributed by atoms with Gasteiger partial charge in [0, 0.05) is 15.6 Å². The molecule has 0 unspecified atom stereocenters. The predicted molar refractivity (Wildman–Crippen MR) is 145 cm³/mol. The lowest BCUT2D eigenvalue weighted by Crippen LogP contribution is -2.43. The molecule has 0 aliphatic carbocycles. The molecule has 6 nitrogen and oxygen atoms in total. The van der Waals surface area contributed by atoms with Crippen molar-refractivity contribution >= 4 is 35.3 Å². The minimum Gasteiger partial charge on any atom is -0.493 e. The van der Waals surface area contributed by atoms with Gasteiger partial charge in [0.05, 0.1) is 13.3 Å². The van der Waals surface area contributed by atoms with E-state index in [9.17, 15) is 9.90 Å². The molecule has 0 aromatic heterocycles. The fourth-order valence-corrected chi connectivity index (χ4v) is 4.24. The van der Waals surface area contributed by atoms with Gasteiger partial charge in [0.15, 0.2) is 17.1 Å². The van der Waals surface area contributed by atoms with Gasteiger partial charge in [-0.3, -0.25) is 4.79 Å². The van der Waals surface area contributed by atoms with E-state index in [1.807, 2.05) is 12.1 Å². The van der Waals surface area contributed by atoms with Crippen molar-refractivity contribution in [2.45, 2.75) is 12.2 Å². The molecule has 1 amide bonds. The van der Waals surface area contributed by atoms with Crippen LogP contribution < -0.4 is 14.9 Å². The number of nitrogens with zero attached hydrogens (tertiary/aromatic N) is 1. The first-order valence-electron chi connectivity index (χ1n) is 11.3. The van der Waals surface area contributed by atoms with E-state index >= 15 is 0 Å². The Balaban J connectivity index is 1.49. The van der Waals surface area contributed by atoms with E-state index in [1.165, 1.54) is 13.3 Å². The number of halogens is 2. The number of hydrazone groups is 1. The van der Waals surface area contributed by atoms with E-state index in [1.54, 1.807) is 84.9 Å². The maximum absolute atomic E-state index is 13.2. The van der Waals surface area contributed by atoms with E-state index in [2.05, 4.69) is 10.5 Å². The lowest BCUT2D eigenvalue weighted by Gasteiger charge is -2.27. The Kier molecular flexibility index (Phi) is 8.46. The summed E-state index contributed by atoms with van der Waals surface area (Å²) in [7, 11) is 1.52. The summed E-state index contributed by atoms with van der Waals surface area (Å²) >= 11 is 12.4. The zero-order chi connectivity index (χ0) is 26.3.